The van der Waals surface area contributed by atoms with Crippen LogP contribution in [0.1, 0.15) is 11.1 Å². The molecule has 2 N–H and O–H groups in total. The lowest BCUT2D eigenvalue weighted by Crippen LogP contribution is -2.01. The number of anilines is 1. The van der Waals surface area contributed by atoms with Crippen molar-refractivity contribution in [3.63, 3.8) is 0 Å². The topological polar surface area (TPSA) is 67.6 Å². The number of benzene rings is 2. The summed E-state index contributed by atoms with van der Waals surface area (Å²) in [6.07, 6.45) is 0. The molecule has 0 amide bonds. The molecule has 20 heavy (non-hydrogen) atoms. The summed E-state index contributed by atoms with van der Waals surface area (Å²) in [4.78, 5) is 4.24. The van der Waals surface area contributed by atoms with Gasteiger partial charge in [-0.3, -0.25) is 4.57 Å². The van der Waals surface area contributed by atoms with Crippen LogP contribution < -0.4 is 5.73 Å². The summed E-state index contributed by atoms with van der Waals surface area (Å²) >= 11 is 0. The molecule has 5 heteroatoms. The Kier molecular flexibility index (Phi) is 2.65. The van der Waals surface area contributed by atoms with Gasteiger partial charge in [0.25, 0.3) is 0 Å². The summed E-state index contributed by atoms with van der Waals surface area (Å²) in [5, 5.41) is 9.10. The van der Waals surface area contributed by atoms with Gasteiger partial charge in [-0.1, -0.05) is 6.07 Å². The smallest absolute Gasteiger partial charge is 0.205 e. The van der Waals surface area contributed by atoms with Gasteiger partial charge >= 0.3 is 0 Å². The normalized spacial score (nSPS) is 10.7. The van der Waals surface area contributed by atoms with Crippen molar-refractivity contribution < 1.29 is 4.39 Å². The quantitative estimate of drug-likeness (QED) is 0.736. The van der Waals surface area contributed by atoms with E-state index in [1.165, 1.54) is 6.07 Å². The minimum Gasteiger partial charge on any atom is -0.369 e. The van der Waals surface area contributed by atoms with Crippen LogP contribution in [0.2, 0.25) is 0 Å². The molecule has 0 spiro atoms. The van der Waals surface area contributed by atoms with Gasteiger partial charge in [-0.2, -0.15) is 5.26 Å². The summed E-state index contributed by atoms with van der Waals surface area (Å²) in [5.74, 6) is 0.00293. The molecule has 0 bridgehead atoms. The number of hydrogen-bond acceptors (Lipinski definition) is 3. The predicted molar refractivity (Wildman–Crippen MR) is 74.9 cm³/mol. The van der Waals surface area contributed by atoms with E-state index >= 15 is 0 Å². The minimum atomic E-state index is -0.269. The molecule has 0 aliphatic rings. The lowest BCUT2D eigenvalue weighted by Gasteiger charge is -2.08. The van der Waals surface area contributed by atoms with Gasteiger partial charge in [0.2, 0.25) is 5.95 Å². The van der Waals surface area contributed by atoms with E-state index in [4.69, 9.17) is 11.0 Å². The van der Waals surface area contributed by atoms with E-state index in [1.54, 1.807) is 35.8 Å². The van der Waals surface area contributed by atoms with Crippen LogP contribution in [0.3, 0.4) is 0 Å². The van der Waals surface area contributed by atoms with Crippen LogP contribution in [-0.4, -0.2) is 9.55 Å². The van der Waals surface area contributed by atoms with Gasteiger partial charge in [0.05, 0.1) is 11.1 Å². The maximum atomic E-state index is 13.4. The first-order valence-electron chi connectivity index (χ1n) is 6.05. The van der Waals surface area contributed by atoms with E-state index in [-0.39, 0.29) is 11.8 Å². The van der Waals surface area contributed by atoms with Crippen molar-refractivity contribution in [1.82, 2.24) is 9.55 Å². The molecule has 0 atom stereocenters. The molecule has 0 unspecified atom stereocenters. The molecule has 0 radical (unpaired) electrons. The second-order valence-corrected chi connectivity index (χ2v) is 4.52. The molecule has 0 saturated carbocycles. The zero-order chi connectivity index (χ0) is 14.3. The van der Waals surface area contributed by atoms with Crippen LogP contribution in [-0.2, 0) is 0 Å². The van der Waals surface area contributed by atoms with E-state index in [2.05, 4.69) is 11.1 Å². The lowest BCUT2D eigenvalue weighted by molar-refractivity contribution is 0.618. The van der Waals surface area contributed by atoms with Crippen LogP contribution >= 0.6 is 0 Å². The fraction of sp³-hybridized carbons (Fsp3) is 0.0667. The maximum absolute atomic E-state index is 13.4. The summed E-state index contributed by atoms with van der Waals surface area (Å²) in [5.41, 5.74) is 8.94. The number of hydrogen-bond donors (Lipinski definition) is 1. The third kappa shape index (κ3) is 1.70. The Morgan fingerprint density at radius 1 is 1.30 bits per heavy atom. The highest BCUT2D eigenvalue weighted by Gasteiger charge is 2.13. The van der Waals surface area contributed by atoms with Gasteiger partial charge in [0.1, 0.15) is 17.4 Å². The summed E-state index contributed by atoms with van der Waals surface area (Å²) in [7, 11) is 0. The molecule has 0 aliphatic carbocycles. The minimum absolute atomic E-state index is 0.269. The van der Waals surface area contributed by atoms with Crippen LogP contribution in [0.4, 0.5) is 10.3 Å². The maximum Gasteiger partial charge on any atom is 0.205 e. The number of aromatic nitrogens is 2. The molecule has 0 aliphatic heterocycles. The van der Waals surface area contributed by atoms with E-state index in [0.717, 1.165) is 11.2 Å². The molecular formula is C15H11FN4. The number of nitriles is 1. The lowest BCUT2D eigenvalue weighted by atomic mass is 10.2. The fourth-order valence-electron chi connectivity index (χ4n) is 2.25. The third-order valence-corrected chi connectivity index (χ3v) is 3.23. The van der Waals surface area contributed by atoms with Crippen molar-refractivity contribution in [3.05, 3.63) is 53.3 Å². The Morgan fingerprint density at radius 3 is 2.80 bits per heavy atom. The van der Waals surface area contributed by atoms with Crippen LogP contribution in [0.15, 0.2) is 36.4 Å². The second-order valence-electron chi connectivity index (χ2n) is 4.52. The first-order chi connectivity index (χ1) is 9.61. The molecule has 3 rings (SSSR count). The Morgan fingerprint density at radius 2 is 2.10 bits per heavy atom. The van der Waals surface area contributed by atoms with E-state index in [1.807, 2.05) is 6.07 Å². The molecule has 98 valence electrons. The van der Waals surface area contributed by atoms with Gasteiger partial charge in [-0.05, 0) is 42.8 Å². The summed E-state index contributed by atoms with van der Waals surface area (Å²) < 4.78 is 15.1. The zero-order valence-electron chi connectivity index (χ0n) is 10.8. The first-order valence-corrected chi connectivity index (χ1v) is 6.05. The van der Waals surface area contributed by atoms with Gasteiger partial charge in [-0.25, -0.2) is 9.37 Å². The van der Waals surface area contributed by atoms with Crippen LogP contribution in [0.5, 0.6) is 0 Å². The van der Waals surface area contributed by atoms with E-state index < -0.39 is 0 Å². The fourth-order valence-corrected chi connectivity index (χ4v) is 2.25. The average molecular weight is 266 g/mol. The van der Waals surface area contributed by atoms with Gasteiger partial charge in [0.15, 0.2) is 0 Å². The zero-order valence-corrected chi connectivity index (χ0v) is 10.8. The van der Waals surface area contributed by atoms with Gasteiger partial charge < -0.3 is 5.73 Å². The van der Waals surface area contributed by atoms with Crippen molar-refractivity contribution in [2.24, 2.45) is 0 Å². The second kappa shape index (κ2) is 4.35. The molecule has 1 heterocycles. The van der Waals surface area contributed by atoms with E-state index in [0.29, 0.717) is 16.6 Å². The van der Waals surface area contributed by atoms with Crippen molar-refractivity contribution in [3.8, 4) is 11.8 Å². The predicted octanol–water partition coefficient (Wildman–Crippen LogP) is 2.93. The number of nitrogen functional groups attached to an aromatic ring is 1. The first kappa shape index (κ1) is 12.2. The Bertz CT molecular complexity index is 858. The Hall–Kier alpha value is -2.87. The standard InChI is InChI=1S/C15H11FN4/c1-9-7-11(5-6-12(9)16)20-13-4-2-3-10(8-17)14(13)19-15(20)18/h2-7H,1H3,(H2,18,19). The molecule has 3 aromatic rings. The average Bonchev–Trinajstić information content (AvgIpc) is 2.78. The number of nitrogens with two attached hydrogens (primary N) is 1. The third-order valence-electron chi connectivity index (χ3n) is 3.23. The van der Waals surface area contributed by atoms with Crippen molar-refractivity contribution in [2.75, 3.05) is 5.73 Å². The Balaban J connectivity index is 2.34. The van der Waals surface area contributed by atoms with Gasteiger partial charge in [0, 0.05) is 5.69 Å². The number of rotatable bonds is 1. The van der Waals surface area contributed by atoms with Gasteiger partial charge in [-0.15, -0.1) is 0 Å². The highest BCUT2D eigenvalue weighted by atomic mass is 19.1. The summed E-state index contributed by atoms with van der Waals surface area (Å²) in [6, 6.07) is 12.1. The number of aryl methyl sites for hydroxylation is 1. The summed E-state index contributed by atoms with van der Waals surface area (Å²) in [6.45, 7) is 1.69. The van der Waals surface area contributed by atoms with Crippen LogP contribution in [0, 0.1) is 24.1 Å². The molecule has 0 saturated heterocycles. The Labute approximate surface area is 114 Å². The number of para-hydroxylation sites is 1. The molecular weight excluding hydrogens is 255 g/mol. The molecule has 1 aromatic heterocycles. The molecule has 2 aromatic carbocycles. The molecule has 0 fully saturated rings. The number of imidazole rings is 1. The highest BCUT2D eigenvalue weighted by molar-refractivity contribution is 5.85. The highest BCUT2D eigenvalue weighted by Crippen LogP contribution is 2.26. The molecule has 4 nitrogen and oxygen atoms in total. The van der Waals surface area contributed by atoms with Crippen molar-refractivity contribution >= 4 is 17.0 Å². The number of fused-ring (bicyclic) bond motifs is 1. The van der Waals surface area contributed by atoms with Crippen molar-refractivity contribution in [2.45, 2.75) is 6.92 Å². The van der Waals surface area contributed by atoms with Crippen LogP contribution in [0.25, 0.3) is 16.7 Å². The largest absolute Gasteiger partial charge is 0.369 e. The van der Waals surface area contributed by atoms with E-state index in [9.17, 15) is 4.39 Å². The number of halogens is 1. The SMILES string of the molecule is Cc1cc(-n2c(N)nc3c(C#N)cccc32)ccc1F. The monoisotopic (exact) mass is 266 g/mol. The van der Waals surface area contributed by atoms with Crippen molar-refractivity contribution in [1.29, 1.82) is 5.26 Å². The number of nitrogens with zero attached hydrogens (tertiary/aromatic N) is 3.